The van der Waals surface area contributed by atoms with Crippen molar-refractivity contribution in [3.8, 4) is 5.75 Å². The molecular formula is C28H33ClN2O7. The third-order valence-electron chi connectivity index (χ3n) is 5.59. The topological polar surface area (TPSA) is 101 Å². The molecule has 10 heteroatoms. The van der Waals surface area contributed by atoms with Gasteiger partial charge in [-0.1, -0.05) is 23.7 Å². The second kappa shape index (κ2) is 15.7. The van der Waals surface area contributed by atoms with Crippen molar-refractivity contribution in [2.24, 2.45) is 0 Å². The Balaban J connectivity index is 1.39. The molecule has 4 rings (SSSR count). The normalized spacial score (nSPS) is 17.4. The number of ether oxygens (including phenoxy) is 6. The van der Waals surface area contributed by atoms with Crippen LogP contribution in [-0.4, -0.2) is 54.7 Å². The van der Waals surface area contributed by atoms with Crippen LogP contribution in [0.2, 0.25) is 5.02 Å². The summed E-state index contributed by atoms with van der Waals surface area (Å²) in [5.41, 5.74) is 4.29. The number of phenolic OH excluding ortho intramolecular Hbond substituents is 1. The van der Waals surface area contributed by atoms with Gasteiger partial charge in [-0.05, 0) is 36.4 Å². The minimum Gasteiger partial charge on any atom is -0.507 e. The Kier molecular flexibility index (Phi) is 11.7. The van der Waals surface area contributed by atoms with Gasteiger partial charge in [0.25, 0.3) is 0 Å². The number of hydrogen-bond acceptors (Lipinski definition) is 9. The number of hydrogen-bond donors (Lipinski definition) is 1. The molecular weight excluding hydrogens is 512 g/mol. The molecule has 3 aromatic rings. The second-order valence-corrected chi connectivity index (χ2v) is 9.07. The lowest BCUT2D eigenvalue weighted by molar-refractivity contribution is -0.00686. The van der Waals surface area contributed by atoms with Crippen molar-refractivity contribution in [2.45, 2.75) is 39.6 Å². The largest absolute Gasteiger partial charge is 0.507 e. The summed E-state index contributed by atoms with van der Waals surface area (Å²) >= 11 is 6.31. The van der Waals surface area contributed by atoms with Crippen LogP contribution >= 0.6 is 11.6 Å². The zero-order valence-corrected chi connectivity index (χ0v) is 22.0. The molecule has 0 fully saturated rings. The van der Waals surface area contributed by atoms with E-state index in [0.29, 0.717) is 69.0 Å². The van der Waals surface area contributed by atoms with Crippen molar-refractivity contribution >= 4 is 11.6 Å². The van der Waals surface area contributed by atoms with Gasteiger partial charge in [-0.15, -0.1) is 0 Å². The second-order valence-electron chi connectivity index (χ2n) is 8.63. The average molecular weight is 545 g/mol. The van der Waals surface area contributed by atoms with Gasteiger partial charge >= 0.3 is 0 Å². The number of benzene rings is 1. The number of pyridine rings is 2. The van der Waals surface area contributed by atoms with Gasteiger partial charge in [-0.3, -0.25) is 9.97 Å². The fourth-order valence-electron chi connectivity index (χ4n) is 3.76. The summed E-state index contributed by atoms with van der Waals surface area (Å²) in [7, 11) is 0. The molecule has 38 heavy (non-hydrogen) atoms. The molecule has 0 saturated heterocycles. The van der Waals surface area contributed by atoms with Crippen LogP contribution in [-0.2, 0) is 68.1 Å². The Bertz CT molecular complexity index is 1060. The van der Waals surface area contributed by atoms with Crippen molar-refractivity contribution in [3.63, 3.8) is 0 Å². The van der Waals surface area contributed by atoms with Gasteiger partial charge in [-0.2, -0.15) is 0 Å². The van der Waals surface area contributed by atoms with Crippen molar-refractivity contribution in [2.75, 3.05) is 39.6 Å². The van der Waals surface area contributed by atoms with Gasteiger partial charge < -0.3 is 33.5 Å². The average Bonchev–Trinajstić information content (AvgIpc) is 2.91. The summed E-state index contributed by atoms with van der Waals surface area (Å²) < 4.78 is 34.1. The highest BCUT2D eigenvalue weighted by Crippen LogP contribution is 2.29. The van der Waals surface area contributed by atoms with E-state index >= 15 is 0 Å². The Morgan fingerprint density at radius 2 is 0.895 bits per heavy atom. The smallest absolute Gasteiger partial charge is 0.126 e. The molecule has 6 bridgehead atoms. The number of rotatable bonds is 0. The molecule has 0 atom stereocenters. The summed E-state index contributed by atoms with van der Waals surface area (Å²) in [6.07, 6.45) is 0. The van der Waals surface area contributed by atoms with E-state index in [1.54, 1.807) is 12.1 Å². The van der Waals surface area contributed by atoms with Gasteiger partial charge in [0.15, 0.2) is 0 Å². The lowest BCUT2D eigenvalue weighted by Crippen LogP contribution is -2.12. The maximum Gasteiger partial charge on any atom is 0.126 e. The van der Waals surface area contributed by atoms with Gasteiger partial charge in [0.1, 0.15) is 5.75 Å². The van der Waals surface area contributed by atoms with Crippen molar-refractivity contribution in [3.05, 3.63) is 87.5 Å². The molecule has 3 heterocycles. The molecule has 0 saturated carbocycles. The number of fused-ring (bicyclic) bond motifs is 6. The first-order chi connectivity index (χ1) is 18.7. The van der Waals surface area contributed by atoms with Gasteiger partial charge in [0, 0.05) is 16.1 Å². The van der Waals surface area contributed by atoms with Crippen molar-refractivity contribution in [1.82, 2.24) is 9.97 Å². The quantitative estimate of drug-likeness (QED) is 0.442. The SMILES string of the molecule is Oc1c2cc(Cl)cc1COCc1cccc(n1)COCCOCCOCCOCc1cccc(n1)COC2. The van der Waals surface area contributed by atoms with E-state index in [1.165, 1.54) is 0 Å². The highest BCUT2D eigenvalue weighted by molar-refractivity contribution is 6.30. The Labute approximate surface area is 227 Å². The highest BCUT2D eigenvalue weighted by Gasteiger charge is 2.11. The molecule has 1 aliphatic rings. The molecule has 0 unspecified atom stereocenters. The summed E-state index contributed by atoms with van der Waals surface area (Å²) in [5, 5.41) is 11.3. The first-order valence-electron chi connectivity index (χ1n) is 12.5. The molecule has 0 aliphatic carbocycles. The molecule has 9 nitrogen and oxygen atoms in total. The molecule has 1 N–H and O–H groups in total. The van der Waals surface area contributed by atoms with Crippen molar-refractivity contribution in [1.29, 1.82) is 0 Å². The highest BCUT2D eigenvalue weighted by atomic mass is 35.5. The predicted octanol–water partition coefficient (Wildman–Crippen LogP) is 4.35. The van der Waals surface area contributed by atoms with E-state index < -0.39 is 0 Å². The molecule has 0 spiro atoms. The lowest BCUT2D eigenvalue weighted by Gasteiger charge is -2.12. The van der Waals surface area contributed by atoms with Gasteiger partial charge in [0.2, 0.25) is 0 Å². The van der Waals surface area contributed by atoms with E-state index in [4.69, 9.17) is 40.0 Å². The predicted molar refractivity (Wildman–Crippen MR) is 140 cm³/mol. The Hall–Kier alpha value is -2.63. The van der Waals surface area contributed by atoms with Crippen LogP contribution in [0.5, 0.6) is 5.75 Å². The zero-order chi connectivity index (χ0) is 26.4. The fourth-order valence-corrected chi connectivity index (χ4v) is 4.02. The van der Waals surface area contributed by atoms with Crippen LogP contribution in [0.25, 0.3) is 0 Å². The maximum atomic E-state index is 10.8. The summed E-state index contributed by atoms with van der Waals surface area (Å²) in [4.78, 5) is 9.15. The summed E-state index contributed by atoms with van der Waals surface area (Å²) in [5.74, 6) is 0.0985. The Morgan fingerprint density at radius 3 is 1.32 bits per heavy atom. The third kappa shape index (κ3) is 9.59. The standard InChI is InChI=1S/C28H33ClN2O7/c29-23-13-21-15-37-19-26-5-1-3-24(30-26)17-35-11-9-33-7-8-34-10-12-36-18-25-4-2-6-27(31-25)20-38-16-22(14-23)28(21)32/h1-6,13-14,32H,7-12,15-20H2. The van der Waals surface area contributed by atoms with Crippen LogP contribution in [0, 0.1) is 0 Å². The number of phenols is 1. The molecule has 1 aromatic carbocycles. The van der Waals surface area contributed by atoms with E-state index in [2.05, 4.69) is 9.97 Å². The summed E-state index contributed by atoms with van der Waals surface area (Å²) in [6, 6.07) is 14.8. The number of halogens is 1. The van der Waals surface area contributed by atoms with E-state index in [9.17, 15) is 5.11 Å². The van der Waals surface area contributed by atoms with Crippen LogP contribution in [0.4, 0.5) is 0 Å². The number of aromatic nitrogens is 2. The minimum absolute atomic E-state index is 0.0985. The molecule has 204 valence electrons. The first-order valence-corrected chi connectivity index (χ1v) is 12.9. The van der Waals surface area contributed by atoms with Crippen LogP contribution in [0.3, 0.4) is 0 Å². The van der Waals surface area contributed by atoms with E-state index in [1.807, 2.05) is 36.4 Å². The minimum atomic E-state index is 0.0985. The maximum absolute atomic E-state index is 10.8. The Morgan fingerprint density at radius 1 is 0.526 bits per heavy atom. The van der Waals surface area contributed by atoms with Crippen molar-refractivity contribution < 1.29 is 33.5 Å². The number of aromatic hydroxyl groups is 1. The van der Waals surface area contributed by atoms with Crippen LogP contribution in [0.1, 0.15) is 33.9 Å². The zero-order valence-electron chi connectivity index (χ0n) is 21.3. The number of nitrogens with zero attached hydrogens (tertiary/aromatic N) is 2. The van der Waals surface area contributed by atoms with Gasteiger partial charge in [0.05, 0.1) is 102 Å². The third-order valence-corrected chi connectivity index (χ3v) is 5.81. The fraction of sp³-hybridized carbons (Fsp3) is 0.429. The molecule has 0 radical (unpaired) electrons. The molecule has 0 amide bonds. The molecule has 1 aliphatic heterocycles. The summed E-state index contributed by atoms with van der Waals surface area (Å²) in [6.45, 7) is 4.48. The van der Waals surface area contributed by atoms with Gasteiger partial charge in [-0.25, -0.2) is 0 Å². The monoisotopic (exact) mass is 544 g/mol. The molecule has 2 aromatic heterocycles. The van der Waals surface area contributed by atoms with Crippen LogP contribution < -0.4 is 0 Å². The van der Waals surface area contributed by atoms with E-state index in [-0.39, 0.29) is 32.2 Å². The van der Waals surface area contributed by atoms with Crippen LogP contribution in [0.15, 0.2) is 48.5 Å². The first kappa shape index (κ1) is 28.4. The van der Waals surface area contributed by atoms with E-state index in [0.717, 1.165) is 22.8 Å². The lowest BCUT2D eigenvalue weighted by atomic mass is 10.1.